The number of hydrogen-bond donors (Lipinski definition) is 0. The highest BCUT2D eigenvalue weighted by atomic mass is 15.5. The van der Waals surface area contributed by atoms with Crippen LogP contribution in [-0.4, -0.2) is 23.3 Å². The lowest BCUT2D eigenvalue weighted by Crippen LogP contribution is -2.41. The summed E-state index contributed by atoms with van der Waals surface area (Å²) < 4.78 is 0. The molecule has 0 N–H and O–H groups in total. The largest absolute Gasteiger partial charge is 0.292 e. The van der Waals surface area contributed by atoms with E-state index >= 15 is 0 Å². The van der Waals surface area contributed by atoms with E-state index in [0.717, 1.165) is 37.6 Å². The van der Waals surface area contributed by atoms with Gasteiger partial charge in [-0.05, 0) is 49.5 Å². The molecule has 2 nitrogen and oxygen atoms in total. The summed E-state index contributed by atoms with van der Waals surface area (Å²) in [6.45, 7) is 8.07. The highest BCUT2D eigenvalue weighted by Crippen LogP contribution is 2.42. The minimum atomic E-state index is 0.430. The van der Waals surface area contributed by atoms with E-state index in [0.29, 0.717) is 17.9 Å². The zero-order valence-electron chi connectivity index (χ0n) is 20.0. The molecule has 3 unspecified atom stereocenters. The molecule has 1 aromatic rings. The van der Waals surface area contributed by atoms with Gasteiger partial charge in [0.2, 0.25) is 0 Å². The molecule has 0 saturated heterocycles. The lowest BCUT2D eigenvalue weighted by molar-refractivity contribution is 0.127. The minimum Gasteiger partial charge on any atom is -0.292 e. The van der Waals surface area contributed by atoms with Crippen molar-refractivity contribution in [3.8, 4) is 0 Å². The number of nitrogens with zero attached hydrogens (tertiary/aromatic N) is 2. The van der Waals surface area contributed by atoms with Crippen LogP contribution < -0.4 is 0 Å². The van der Waals surface area contributed by atoms with E-state index < -0.39 is 0 Å². The van der Waals surface area contributed by atoms with E-state index in [1.807, 2.05) is 0 Å². The van der Waals surface area contributed by atoms with Crippen molar-refractivity contribution in [2.75, 3.05) is 6.54 Å². The molecule has 1 saturated carbocycles. The molecule has 2 heteroatoms. The lowest BCUT2D eigenvalue weighted by Gasteiger charge is -2.37. The Labute approximate surface area is 190 Å². The maximum atomic E-state index is 5.36. The summed E-state index contributed by atoms with van der Waals surface area (Å²) in [4.78, 5) is 0. The highest BCUT2D eigenvalue weighted by Gasteiger charge is 2.42. The van der Waals surface area contributed by atoms with Crippen LogP contribution in [0.25, 0.3) is 0 Å². The van der Waals surface area contributed by atoms with Crippen LogP contribution in [0.2, 0.25) is 0 Å². The summed E-state index contributed by atoms with van der Waals surface area (Å²) in [5, 5.41) is 7.92. The van der Waals surface area contributed by atoms with Gasteiger partial charge in [-0.2, -0.15) is 5.10 Å². The number of rotatable bonds is 8. The number of allylic oxidation sites excluding steroid dienone is 3. The van der Waals surface area contributed by atoms with Crippen molar-refractivity contribution in [1.82, 2.24) is 5.01 Å². The molecule has 2 aliphatic carbocycles. The molecule has 3 aliphatic rings. The summed E-state index contributed by atoms with van der Waals surface area (Å²) >= 11 is 0. The SMILES string of the molecule is CCCC1=NN(CC2CCC(CC)CC2)C(C2C=CC(CC)=CC2)C1c1ccccc1. The molecule has 0 aromatic heterocycles. The van der Waals surface area contributed by atoms with E-state index in [4.69, 9.17) is 5.10 Å². The average molecular weight is 419 g/mol. The normalized spacial score (nSPS) is 30.9. The Morgan fingerprint density at radius 1 is 0.968 bits per heavy atom. The average Bonchev–Trinajstić information content (AvgIpc) is 3.18. The van der Waals surface area contributed by atoms with Crippen LogP contribution in [0.1, 0.15) is 90.0 Å². The number of hydrogen-bond acceptors (Lipinski definition) is 2. The molecule has 31 heavy (non-hydrogen) atoms. The molecule has 0 amide bonds. The fourth-order valence-electron chi connectivity index (χ4n) is 6.09. The maximum Gasteiger partial charge on any atom is 0.0658 e. The zero-order chi connectivity index (χ0) is 21.6. The van der Waals surface area contributed by atoms with Crippen molar-refractivity contribution in [3.63, 3.8) is 0 Å². The Bertz CT molecular complexity index is 782. The van der Waals surface area contributed by atoms with Crippen molar-refractivity contribution < 1.29 is 0 Å². The molecule has 168 valence electrons. The van der Waals surface area contributed by atoms with E-state index in [2.05, 4.69) is 74.3 Å². The second-order valence-electron chi connectivity index (χ2n) is 10.0. The first-order valence-electron chi connectivity index (χ1n) is 13.0. The Kier molecular flexibility index (Phi) is 7.69. The smallest absolute Gasteiger partial charge is 0.0658 e. The van der Waals surface area contributed by atoms with Crippen molar-refractivity contribution >= 4 is 5.71 Å². The van der Waals surface area contributed by atoms with Crippen LogP contribution in [0.15, 0.2) is 59.2 Å². The minimum absolute atomic E-state index is 0.430. The molecule has 0 radical (unpaired) electrons. The van der Waals surface area contributed by atoms with Crippen LogP contribution >= 0.6 is 0 Å². The van der Waals surface area contributed by atoms with E-state index in [9.17, 15) is 0 Å². The summed E-state index contributed by atoms with van der Waals surface area (Å²) in [6.07, 6.45) is 18.9. The molecule has 4 rings (SSSR count). The van der Waals surface area contributed by atoms with Gasteiger partial charge in [-0.15, -0.1) is 0 Å². The Balaban J connectivity index is 1.59. The number of benzene rings is 1. The van der Waals surface area contributed by atoms with Gasteiger partial charge in [-0.1, -0.05) is 101 Å². The van der Waals surface area contributed by atoms with E-state index in [-0.39, 0.29) is 0 Å². The van der Waals surface area contributed by atoms with Crippen molar-refractivity contribution in [3.05, 3.63) is 59.7 Å². The first-order chi connectivity index (χ1) is 15.2. The summed E-state index contributed by atoms with van der Waals surface area (Å²) in [5.41, 5.74) is 4.36. The Morgan fingerprint density at radius 3 is 2.32 bits per heavy atom. The zero-order valence-corrected chi connectivity index (χ0v) is 20.0. The molecule has 0 spiro atoms. The van der Waals surface area contributed by atoms with Gasteiger partial charge >= 0.3 is 0 Å². The van der Waals surface area contributed by atoms with Crippen molar-refractivity contribution in [2.24, 2.45) is 22.9 Å². The molecule has 3 atom stereocenters. The monoisotopic (exact) mass is 418 g/mol. The fraction of sp³-hybridized carbons (Fsp3) is 0.621. The number of hydrazone groups is 1. The molecule has 1 fully saturated rings. The second kappa shape index (κ2) is 10.7. The van der Waals surface area contributed by atoms with E-state index in [1.165, 1.54) is 55.4 Å². The van der Waals surface area contributed by atoms with Gasteiger partial charge in [-0.3, -0.25) is 5.01 Å². The third-order valence-electron chi connectivity index (χ3n) is 8.01. The topological polar surface area (TPSA) is 15.6 Å². The van der Waals surface area contributed by atoms with Crippen LogP contribution in [0.3, 0.4) is 0 Å². The molecular weight excluding hydrogens is 376 g/mol. The third kappa shape index (κ3) is 5.16. The summed E-state index contributed by atoms with van der Waals surface area (Å²) in [6, 6.07) is 11.7. The predicted molar refractivity (Wildman–Crippen MR) is 133 cm³/mol. The summed E-state index contributed by atoms with van der Waals surface area (Å²) in [5.74, 6) is 2.74. The van der Waals surface area contributed by atoms with E-state index in [1.54, 1.807) is 0 Å². The molecule has 0 bridgehead atoms. The predicted octanol–water partition coefficient (Wildman–Crippen LogP) is 7.74. The van der Waals surface area contributed by atoms with Crippen LogP contribution in [0, 0.1) is 17.8 Å². The molecular formula is C29H42N2. The lowest BCUT2D eigenvalue weighted by atomic mass is 9.76. The Hall–Kier alpha value is -1.83. The summed E-state index contributed by atoms with van der Waals surface area (Å²) in [7, 11) is 0. The van der Waals surface area contributed by atoms with Crippen LogP contribution in [-0.2, 0) is 0 Å². The van der Waals surface area contributed by atoms with Gasteiger partial charge < -0.3 is 0 Å². The standard InChI is InChI=1S/C29H42N2/c1-4-10-27-28(25-11-8-7-9-12-25)29(26-19-17-23(6-3)18-20-26)31(30-27)21-24-15-13-22(5-2)14-16-24/h7-9,11-12,17-19,22,24,26,28-29H,4-6,10,13-16,20-21H2,1-3H3. The van der Waals surface area contributed by atoms with Gasteiger partial charge in [0.1, 0.15) is 0 Å². The fourth-order valence-corrected chi connectivity index (χ4v) is 6.09. The van der Waals surface area contributed by atoms with Crippen molar-refractivity contribution in [1.29, 1.82) is 0 Å². The van der Waals surface area contributed by atoms with Gasteiger partial charge in [0.25, 0.3) is 0 Å². The van der Waals surface area contributed by atoms with Gasteiger partial charge in [0.15, 0.2) is 0 Å². The molecule has 1 aromatic carbocycles. The maximum absolute atomic E-state index is 5.36. The third-order valence-corrected chi connectivity index (χ3v) is 8.01. The second-order valence-corrected chi connectivity index (χ2v) is 10.0. The Morgan fingerprint density at radius 2 is 1.71 bits per heavy atom. The first kappa shape index (κ1) is 22.4. The quantitative estimate of drug-likeness (QED) is 0.421. The van der Waals surface area contributed by atoms with Gasteiger partial charge in [-0.25, -0.2) is 0 Å². The molecule has 1 aliphatic heterocycles. The van der Waals surface area contributed by atoms with Crippen molar-refractivity contribution in [2.45, 2.75) is 90.5 Å². The first-order valence-corrected chi connectivity index (χ1v) is 13.0. The molecule has 1 heterocycles. The van der Waals surface area contributed by atoms with Gasteiger partial charge in [0, 0.05) is 24.1 Å². The van der Waals surface area contributed by atoms with Crippen LogP contribution in [0.5, 0.6) is 0 Å². The highest BCUT2D eigenvalue weighted by molar-refractivity contribution is 5.93. The van der Waals surface area contributed by atoms with Gasteiger partial charge in [0.05, 0.1) is 6.04 Å². The van der Waals surface area contributed by atoms with Crippen LogP contribution in [0.4, 0.5) is 0 Å².